The van der Waals surface area contributed by atoms with Crippen LogP contribution in [0.5, 0.6) is 5.75 Å². The smallest absolute Gasteiger partial charge is 0.319 e. The van der Waals surface area contributed by atoms with E-state index in [-0.39, 0.29) is 28.5 Å². The molecule has 0 bridgehead atoms. The second-order valence-electron chi connectivity index (χ2n) is 13.6. The summed E-state index contributed by atoms with van der Waals surface area (Å²) in [6, 6.07) is 15.1. The van der Waals surface area contributed by atoms with Crippen molar-refractivity contribution in [3.05, 3.63) is 76.5 Å². The number of para-hydroxylation sites is 2. The molecule has 0 aliphatic carbocycles. The average molecular weight is 650 g/mol. The Hall–Kier alpha value is -4.42. The van der Waals surface area contributed by atoms with Gasteiger partial charge in [0.2, 0.25) is 0 Å². The van der Waals surface area contributed by atoms with E-state index in [1.165, 1.54) is 0 Å². The minimum Gasteiger partial charge on any atom is -0.491 e. The Morgan fingerprint density at radius 3 is 2.28 bits per heavy atom. The minimum atomic E-state index is -0.272. The molecule has 0 radical (unpaired) electrons. The van der Waals surface area contributed by atoms with Crippen molar-refractivity contribution >= 4 is 17.7 Å². The van der Waals surface area contributed by atoms with Crippen molar-refractivity contribution in [3.8, 4) is 16.9 Å². The van der Waals surface area contributed by atoms with Crippen LogP contribution in [0.1, 0.15) is 65.8 Å². The third-order valence-electron chi connectivity index (χ3n) is 6.54. The van der Waals surface area contributed by atoms with Crippen LogP contribution in [0.4, 0.5) is 10.5 Å². The van der Waals surface area contributed by atoms with Gasteiger partial charge < -0.3 is 42.0 Å². The summed E-state index contributed by atoms with van der Waals surface area (Å²) in [7, 11) is 4.07. The number of urea groups is 1. The van der Waals surface area contributed by atoms with Crippen LogP contribution >= 0.6 is 0 Å². The normalized spacial score (nSPS) is 11.3. The van der Waals surface area contributed by atoms with Gasteiger partial charge in [-0.1, -0.05) is 57.2 Å². The number of carbonyl (C=O) groups is 1. The van der Waals surface area contributed by atoms with Gasteiger partial charge in [0.15, 0.2) is 5.96 Å². The van der Waals surface area contributed by atoms with E-state index in [4.69, 9.17) is 16.2 Å². The number of nitrogens with zero attached hydrogens (tertiary/aromatic N) is 3. The van der Waals surface area contributed by atoms with Crippen molar-refractivity contribution in [3.63, 3.8) is 0 Å². The topological polar surface area (TPSA) is 176 Å². The van der Waals surface area contributed by atoms with E-state index in [0.717, 1.165) is 43.6 Å². The predicted octanol–water partition coefficient (Wildman–Crippen LogP) is 4.42. The molecule has 8 N–H and O–H groups in total. The van der Waals surface area contributed by atoms with Crippen LogP contribution in [0.15, 0.2) is 64.5 Å². The highest BCUT2D eigenvalue weighted by molar-refractivity contribution is 5.91. The fourth-order valence-electron chi connectivity index (χ4n) is 4.18. The molecule has 0 aliphatic heterocycles. The van der Waals surface area contributed by atoms with Crippen molar-refractivity contribution < 1.29 is 9.53 Å². The van der Waals surface area contributed by atoms with E-state index < -0.39 is 0 Å². The highest BCUT2D eigenvalue weighted by Crippen LogP contribution is 2.24. The molecule has 2 aromatic carbocycles. The Labute approximate surface area is 279 Å². The Kier molecular flexibility index (Phi) is 15.4. The molecule has 0 spiro atoms. The number of guanidine groups is 1. The van der Waals surface area contributed by atoms with Crippen LogP contribution in [0.3, 0.4) is 0 Å². The van der Waals surface area contributed by atoms with Gasteiger partial charge in [0.05, 0.1) is 17.9 Å². The SMILES string of the molecule is CC(C)(C)c1ncc(-c2ccc(CNCCCN=C(N)N)cc2)c(=O)[nH]1.CN(C)CCCOc1ccccc1NC(=O)NC(C)(C)C. The van der Waals surface area contributed by atoms with E-state index in [1.54, 1.807) is 6.20 Å². The molecule has 0 fully saturated rings. The minimum absolute atomic E-state index is 0.115. The van der Waals surface area contributed by atoms with Gasteiger partial charge in [-0.25, -0.2) is 9.78 Å². The van der Waals surface area contributed by atoms with Gasteiger partial charge >= 0.3 is 6.03 Å². The van der Waals surface area contributed by atoms with Crippen LogP contribution in [-0.2, 0) is 12.0 Å². The van der Waals surface area contributed by atoms with Crippen LogP contribution in [0.2, 0.25) is 0 Å². The van der Waals surface area contributed by atoms with Gasteiger partial charge in [-0.15, -0.1) is 0 Å². The molecule has 2 amide bonds. The number of H-pyrrole nitrogens is 1. The van der Waals surface area contributed by atoms with Crippen molar-refractivity contribution in [2.24, 2.45) is 16.5 Å². The summed E-state index contributed by atoms with van der Waals surface area (Å²) < 4.78 is 5.75. The average Bonchev–Trinajstić information content (AvgIpc) is 2.97. The molecule has 0 saturated heterocycles. The summed E-state index contributed by atoms with van der Waals surface area (Å²) in [6.07, 6.45) is 3.46. The molecule has 3 rings (SSSR count). The van der Waals surface area contributed by atoms with Crippen molar-refractivity contribution in [2.75, 3.05) is 45.7 Å². The zero-order valence-corrected chi connectivity index (χ0v) is 29.4. The molecule has 1 aromatic heterocycles. The number of rotatable bonds is 13. The van der Waals surface area contributed by atoms with Crippen molar-refractivity contribution in [1.82, 2.24) is 25.5 Å². The lowest BCUT2D eigenvalue weighted by Crippen LogP contribution is -2.43. The van der Waals surface area contributed by atoms with Gasteiger partial charge in [0.1, 0.15) is 11.6 Å². The fourth-order valence-corrected chi connectivity index (χ4v) is 4.18. The number of aromatic amines is 1. The molecule has 0 saturated carbocycles. The molecule has 1 heterocycles. The first-order chi connectivity index (χ1) is 22.0. The number of anilines is 1. The van der Waals surface area contributed by atoms with Gasteiger partial charge in [-0.2, -0.15) is 0 Å². The first-order valence-corrected chi connectivity index (χ1v) is 16.0. The van der Waals surface area contributed by atoms with E-state index in [1.807, 2.05) is 104 Å². The maximum Gasteiger partial charge on any atom is 0.319 e. The first-order valence-electron chi connectivity index (χ1n) is 16.0. The molecule has 12 nitrogen and oxygen atoms in total. The number of benzene rings is 2. The summed E-state index contributed by atoms with van der Waals surface area (Å²) in [6.45, 7) is 15.7. The second-order valence-corrected chi connectivity index (χ2v) is 13.6. The molecule has 0 unspecified atom stereocenters. The Morgan fingerprint density at radius 2 is 1.68 bits per heavy atom. The number of nitrogens with two attached hydrogens (primary N) is 2. The zero-order valence-electron chi connectivity index (χ0n) is 29.4. The molecule has 0 atom stereocenters. The molecule has 0 aliphatic rings. The van der Waals surface area contributed by atoms with Crippen LogP contribution in [0.25, 0.3) is 11.1 Å². The quantitative estimate of drug-likeness (QED) is 0.0896. The third kappa shape index (κ3) is 15.6. The third-order valence-corrected chi connectivity index (χ3v) is 6.54. The lowest BCUT2D eigenvalue weighted by molar-refractivity contribution is 0.243. The Balaban J connectivity index is 0.000000335. The monoisotopic (exact) mass is 649 g/mol. The maximum absolute atomic E-state index is 12.4. The maximum atomic E-state index is 12.4. The summed E-state index contributed by atoms with van der Waals surface area (Å²) in [4.78, 5) is 37.6. The molecular weight excluding hydrogens is 594 g/mol. The molecule has 3 aromatic rings. The largest absolute Gasteiger partial charge is 0.491 e. The van der Waals surface area contributed by atoms with E-state index in [9.17, 15) is 9.59 Å². The predicted molar refractivity (Wildman–Crippen MR) is 193 cm³/mol. The lowest BCUT2D eigenvalue weighted by atomic mass is 9.95. The van der Waals surface area contributed by atoms with E-state index in [2.05, 4.69) is 35.8 Å². The van der Waals surface area contributed by atoms with Gasteiger partial charge in [0, 0.05) is 36.8 Å². The first kappa shape index (κ1) is 38.8. The number of carbonyl (C=O) groups excluding carboxylic acids is 1. The summed E-state index contributed by atoms with van der Waals surface area (Å²) in [5.74, 6) is 1.51. The van der Waals surface area contributed by atoms with Gasteiger partial charge in [0.25, 0.3) is 5.56 Å². The summed E-state index contributed by atoms with van der Waals surface area (Å²) in [5.41, 5.74) is 13.2. The Bertz CT molecular complexity index is 1470. The standard InChI is InChI=1S/C19H28N6O.C16H27N3O2/c1-19(2,3)17-24-12-15(16(26)25-17)14-7-5-13(6-8-14)11-22-9-4-10-23-18(20)21;1-16(2,3)18-15(20)17-13-9-6-7-10-14(13)21-12-8-11-19(4)5/h5-8,12,22H,4,9-11H2,1-3H3,(H4,20,21,23)(H,24,25,26);6-7,9-10H,8,11-12H2,1-5H3,(H2,17,18,20). The summed E-state index contributed by atoms with van der Waals surface area (Å²) in [5, 5.41) is 9.04. The summed E-state index contributed by atoms with van der Waals surface area (Å²) >= 11 is 0. The highest BCUT2D eigenvalue weighted by atomic mass is 16.5. The van der Waals surface area contributed by atoms with Crippen LogP contribution < -0.4 is 37.7 Å². The lowest BCUT2D eigenvalue weighted by Gasteiger charge is -2.21. The molecule has 47 heavy (non-hydrogen) atoms. The van der Waals surface area contributed by atoms with E-state index >= 15 is 0 Å². The molecular formula is C35H55N9O3. The van der Waals surface area contributed by atoms with Crippen LogP contribution in [-0.4, -0.2) is 72.7 Å². The molecule has 258 valence electrons. The highest BCUT2D eigenvalue weighted by Gasteiger charge is 2.18. The van der Waals surface area contributed by atoms with E-state index in [0.29, 0.717) is 36.0 Å². The molecule has 12 heteroatoms. The van der Waals surface area contributed by atoms with Crippen molar-refractivity contribution in [1.29, 1.82) is 0 Å². The number of nitrogens with one attached hydrogen (secondary N) is 4. The van der Waals surface area contributed by atoms with Gasteiger partial charge in [-0.3, -0.25) is 9.79 Å². The number of ether oxygens (including phenoxy) is 1. The second kappa shape index (κ2) is 18.7. The number of aromatic nitrogens is 2. The zero-order chi connectivity index (χ0) is 35.0. The van der Waals surface area contributed by atoms with Crippen molar-refractivity contribution in [2.45, 2.75) is 71.9 Å². The number of amides is 2. The van der Waals surface area contributed by atoms with Gasteiger partial charge in [-0.05, 0) is 77.5 Å². The number of hydrogen-bond donors (Lipinski definition) is 6. The fraction of sp³-hybridized carbons (Fsp3) is 0.486. The number of aliphatic imine (C=N–C) groups is 1. The Morgan fingerprint density at radius 1 is 1.00 bits per heavy atom. The van der Waals surface area contributed by atoms with Crippen LogP contribution in [0, 0.1) is 0 Å². The number of hydrogen-bond acceptors (Lipinski definition) is 7.